The number of amides is 2. The second-order valence-electron chi connectivity index (χ2n) is 4.46. The summed E-state index contributed by atoms with van der Waals surface area (Å²) in [4.78, 5) is 22.5. The zero-order valence-corrected chi connectivity index (χ0v) is 11.3. The summed E-state index contributed by atoms with van der Waals surface area (Å²) >= 11 is 0. The van der Waals surface area contributed by atoms with Gasteiger partial charge in [-0.1, -0.05) is 18.6 Å². The second-order valence-corrected chi connectivity index (χ2v) is 4.46. The molecule has 0 aliphatic carbocycles. The quantitative estimate of drug-likeness (QED) is 0.324. The van der Waals surface area contributed by atoms with E-state index in [0.29, 0.717) is 18.5 Å². The lowest BCUT2D eigenvalue weighted by Crippen LogP contribution is -2.24. The zero-order chi connectivity index (χ0) is 14.8. The molecule has 1 aromatic rings. The van der Waals surface area contributed by atoms with E-state index in [9.17, 15) is 9.59 Å². The molecule has 6 nitrogen and oxygen atoms in total. The molecule has 0 bridgehead atoms. The summed E-state index contributed by atoms with van der Waals surface area (Å²) in [6.07, 6.45) is 2.54. The lowest BCUT2D eigenvalue weighted by atomic mass is 10.1. The van der Waals surface area contributed by atoms with Crippen LogP contribution in [0.15, 0.2) is 24.3 Å². The van der Waals surface area contributed by atoms with Crippen LogP contribution in [0.4, 0.5) is 0 Å². The Bertz CT molecular complexity index is 431. The van der Waals surface area contributed by atoms with E-state index in [0.717, 1.165) is 18.4 Å². The van der Waals surface area contributed by atoms with Crippen molar-refractivity contribution in [2.45, 2.75) is 32.3 Å². The monoisotopic (exact) mass is 280 g/mol. The van der Waals surface area contributed by atoms with Crippen LogP contribution >= 0.6 is 0 Å². The van der Waals surface area contributed by atoms with Crippen molar-refractivity contribution in [3.63, 3.8) is 0 Å². The molecule has 0 atom stereocenters. The highest BCUT2D eigenvalue weighted by atomic mass is 16.5. The van der Waals surface area contributed by atoms with Crippen molar-refractivity contribution >= 4 is 11.8 Å². The fraction of sp³-hybridized carbons (Fsp3) is 0.429. The Labute approximate surface area is 117 Å². The van der Waals surface area contributed by atoms with Crippen LogP contribution in [0, 0.1) is 0 Å². The van der Waals surface area contributed by atoms with E-state index in [-0.39, 0.29) is 18.9 Å². The van der Waals surface area contributed by atoms with Gasteiger partial charge in [0.1, 0.15) is 0 Å². The molecule has 2 amide bonds. The molecule has 0 heterocycles. The first kappa shape index (κ1) is 16.1. The summed E-state index contributed by atoms with van der Waals surface area (Å²) in [5.74, 6) is -0.541. The van der Waals surface area contributed by atoms with E-state index >= 15 is 0 Å². The Kier molecular flexibility index (Phi) is 7.31. The Balaban J connectivity index is 2.18. The van der Waals surface area contributed by atoms with Crippen molar-refractivity contribution in [3.05, 3.63) is 35.4 Å². The van der Waals surface area contributed by atoms with Crippen LogP contribution in [0.5, 0.6) is 0 Å². The highest BCUT2D eigenvalue weighted by Crippen LogP contribution is 2.04. The average molecular weight is 280 g/mol. The van der Waals surface area contributed by atoms with Crippen LogP contribution in [0.3, 0.4) is 0 Å². The molecule has 0 saturated heterocycles. The van der Waals surface area contributed by atoms with Gasteiger partial charge in [-0.25, -0.2) is 5.48 Å². The summed E-state index contributed by atoms with van der Waals surface area (Å²) < 4.78 is 0. The number of hydrogen-bond acceptors (Lipinski definition) is 4. The Morgan fingerprint density at radius 1 is 1.05 bits per heavy atom. The average Bonchev–Trinajstić information content (AvgIpc) is 2.50. The van der Waals surface area contributed by atoms with Crippen LogP contribution in [0.2, 0.25) is 0 Å². The smallest absolute Gasteiger partial charge is 0.251 e. The molecular formula is C14H20N2O4. The molecule has 0 unspecified atom stereocenters. The number of carbonyl (C=O) groups is 2. The standard InChI is InChI=1S/C14H20N2O4/c17-10-11-5-7-12(8-6-11)14(19)15-9-3-1-2-4-13(18)16-20/h5-8,17,20H,1-4,9-10H2,(H,15,19)(H,16,18). The van der Waals surface area contributed by atoms with Gasteiger partial charge in [-0.15, -0.1) is 0 Å². The summed E-state index contributed by atoms with van der Waals surface area (Å²) in [5, 5.41) is 20.0. The minimum atomic E-state index is -0.391. The van der Waals surface area contributed by atoms with Gasteiger partial charge in [0.25, 0.3) is 5.91 Å². The molecule has 0 aliphatic heterocycles. The van der Waals surface area contributed by atoms with Crippen molar-refractivity contribution in [1.29, 1.82) is 0 Å². The molecule has 0 fully saturated rings. The van der Waals surface area contributed by atoms with Crippen LogP contribution in [0.1, 0.15) is 41.6 Å². The molecule has 1 rings (SSSR count). The van der Waals surface area contributed by atoms with Crippen LogP contribution in [-0.2, 0) is 11.4 Å². The van der Waals surface area contributed by atoms with Gasteiger partial charge in [0.15, 0.2) is 0 Å². The Morgan fingerprint density at radius 2 is 1.75 bits per heavy atom. The maximum absolute atomic E-state index is 11.8. The topological polar surface area (TPSA) is 98.7 Å². The Hall–Kier alpha value is -1.92. The van der Waals surface area contributed by atoms with E-state index in [1.165, 1.54) is 0 Å². The van der Waals surface area contributed by atoms with E-state index in [1.54, 1.807) is 29.7 Å². The third-order valence-corrected chi connectivity index (χ3v) is 2.89. The SMILES string of the molecule is O=C(CCCCCNC(=O)c1ccc(CO)cc1)NO. The molecule has 0 spiro atoms. The number of unbranched alkanes of at least 4 members (excludes halogenated alkanes) is 2. The van der Waals surface area contributed by atoms with Gasteiger partial charge in [-0.2, -0.15) is 0 Å². The van der Waals surface area contributed by atoms with Crippen molar-refractivity contribution in [2.24, 2.45) is 0 Å². The van der Waals surface area contributed by atoms with Crippen molar-refractivity contribution in [3.8, 4) is 0 Å². The summed E-state index contributed by atoms with van der Waals surface area (Å²) in [6.45, 7) is 0.505. The number of hydroxylamine groups is 1. The number of hydrogen-bond donors (Lipinski definition) is 4. The first-order valence-electron chi connectivity index (χ1n) is 6.58. The van der Waals surface area contributed by atoms with E-state index in [2.05, 4.69) is 5.32 Å². The number of nitrogens with one attached hydrogen (secondary N) is 2. The molecule has 0 radical (unpaired) electrons. The minimum absolute atomic E-state index is 0.0384. The summed E-state index contributed by atoms with van der Waals surface area (Å²) in [7, 11) is 0. The maximum Gasteiger partial charge on any atom is 0.251 e. The fourth-order valence-electron chi connectivity index (χ4n) is 1.71. The van der Waals surface area contributed by atoms with Crippen molar-refractivity contribution in [1.82, 2.24) is 10.8 Å². The highest BCUT2D eigenvalue weighted by molar-refractivity contribution is 5.94. The summed E-state index contributed by atoms with van der Waals surface area (Å²) in [5.41, 5.74) is 2.90. The fourth-order valence-corrected chi connectivity index (χ4v) is 1.71. The molecule has 110 valence electrons. The predicted molar refractivity (Wildman–Crippen MR) is 73.1 cm³/mol. The van der Waals surface area contributed by atoms with Gasteiger partial charge in [-0.05, 0) is 30.5 Å². The minimum Gasteiger partial charge on any atom is -0.392 e. The molecule has 0 aromatic heterocycles. The molecule has 1 aromatic carbocycles. The first-order chi connectivity index (χ1) is 9.67. The van der Waals surface area contributed by atoms with Gasteiger partial charge in [-0.3, -0.25) is 14.8 Å². The van der Waals surface area contributed by atoms with Crippen molar-refractivity contribution < 1.29 is 19.9 Å². The summed E-state index contributed by atoms with van der Waals surface area (Å²) in [6, 6.07) is 6.77. The molecule has 20 heavy (non-hydrogen) atoms. The van der Waals surface area contributed by atoms with Gasteiger partial charge in [0, 0.05) is 18.5 Å². The third-order valence-electron chi connectivity index (χ3n) is 2.89. The zero-order valence-electron chi connectivity index (χ0n) is 11.3. The van der Waals surface area contributed by atoms with Gasteiger partial charge < -0.3 is 10.4 Å². The van der Waals surface area contributed by atoms with Crippen LogP contribution in [0.25, 0.3) is 0 Å². The number of aliphatic hydroxyl groups is 1. The van der Waals surface area contributed by atoms with Gasteiger partial charge >= 0.3 is 0 Å². The Morgan fingerprint density at radius 3 is 2.35 bits per heavy atom. The van der Waals surface area contributed by atoms with E-state index < -0.39 is 5.91 Å². The number of benzene rings is 1. The van der Waals surface area contributed by atoms with E-state index in [4.69, 9.17) is 10.3 Å². The van der Waals surface area contributed by atoms with Gasteiger partial charge in [0.2, 0.25) is 5.91 Å². The highest BCUT2D eigenvalue weighted by Gasteiger charge is 2.04. The molecule has 0 saturated carbocycles. The third kappa shape index (κ3) is 5.81. The molecule has 4 N–H and O–H groups in total. The molecule has 6 heteroatoms. The second kappa shape index (κ2) is 9.06. The lowest BCUT2D eigenvalue weighted by Gasteiger charge is -2.05. The predicted octanol–water partition coefficient (Wildman–Crippen LogP) is 0.974. The lowest BCUT2D eigenvalue weighted by molar-refractivity contribution is -0.129. The molecule has 0 aliphatic rings. The van der Waals surface area contributed by atoms with Crippen molar-refractivity contribution in [2.75, 3.05) is 6.54 Å². The first-order valence-corrected chi connectivity index (χ1v) is 6.58. The normalized spacial score (nSPS) is 10.1. The number of rotatable bonds is 8. The molecular weight excluding hydrogens is 260 g/mol. The number of carbonyl (C=O) groups excluding carboxylic acids is 2. The number of aliphatic hydroxyl groups excluding tert-OH is 1. The largest absolute Gasteiger partial charge is 0.392 e. The van der Waals surface area contributed by atoms with Crippen LogP contribution < -0.4 is 10.8 Å². The van der Waals surface area contributed by atoms with Gasteiger partial charge in [0.05, 0.1) is 6.61 Å². The van der Waals surface area contributed by atoms with E-state index in [1.807, 2.05) is 0 Å². The maximum atomic E-state index is 11.8. The van der Waals surface area contributed by atoms with Crippen LogP contribution in [-0.4, -0.2) is 28.7 Å².